The minimum Gasteiger partial charge on any atom is -0.493 e. The Balaban J connectivity index is 1.70. The highest BCUT2D eigenvalue weighted by molar-refractivity contribution is 5.99. The molecule has 0 aliphatic heterocycles. The smallest absolute Gasteiger partial charge is 0.326 e. The van der Waals surface area contributed by atoms with Crippen LogP contribution in [0.25, 0.3) is 11.0 Å². The Hall–Kier alpha value is -3.55. The van der Waals surface area contributed by atoms with Crippen molar-refractivity contribution in [3.63, 3.8) is 0 Å². The second-order valence-electron chi connectivity index (χ2n) is 6.23. The van der Waals surface area contributed by atoms with Crippen LogP contribution in [0.4, 0.5) is 0 Å². The van der Waals surface area contributed by atoms with Crippen LogP contribution >= 0.6 is 0 Å². The van der Waals surface area contributed by atoms with E-state index in [0.29, 0.717) is 23.1 Å². The normalized spacial score (nSPS) is 10.6. The zero-order valence-corrected chi connectivity index (χ0v) is 16.7. The summed E-state index contributed by atoms with van der Waals surface area (Å²) in [6.07, 6.45) is 0. The first-order chi connectivity index (χ1) is 14.0. The van der Waals surface area contributed by atoms with Crippen LogP contribution < -0.4 is 14.2 Å². The van der Waals surface area contributed by atoms with Gasteiger partial charge in [-0.2, -0.15) is 0 Å². The summed E-state index contributed by atoms with van der Waals surface area (Å²) in [5.74, 6) is 0.857. The van der Waals surface area contributed by atoms with E-state index in [2.05, 4.69) is 4.98 Å². The third kappa shape index (κ3) is 4.16. The highest BCUT2D eigenvalue weighted by Gasteiger charge is 2.19. The second kappa shape index (κ2) is 8.64. The van der Waals surface area contributed by atoms with Crippen LogP contribution in [0, 0.1) is 6.92 Å². The molecule has 0 atom stereocenters. The van der Waals surface area contributed by atoms with E-state index in [9.17, 15) is 9.59 Å². The molecule has 0 saturated carbocycles. The lowest BCUT2D eigenvalue weighted by molar-refractivity contribution is -0.143. The number of benzene rings is 2. The van der Waals surface area contributed by atoms with Gasteiger partial charge < -0.3 is 23.5 Å². The minimum absolute atomic E-state index is 0.0329. The molecule has 0 aliphatic rings. The molecule has 0 amide bonds. The number of esters is 1. The quantitative estimate of drug-likeness (QED) is 0.426. The molecule has 0 unspecified atom stereocenters. The van der Waals surface area contributed by atoms with Crippen molar-refractivity contribution in [2.24, 2.45) is 0 Å². The van der Waals surface area contributed by atoms with E-state index in [1.54, 1.807) is 4.57 Å². The van der Waals surface area contributed by atoms with Crippen molar-refractivity contribution in [3.05, 3.63) is 47.8 Å². The Morgan fingerprint density at radius 2 is 1.66 bits per heavy atom. The topological polar surface area (TPSA) is 88.9 Å². The Kier molecular flexibility index (Phi) is 6.01. The largest absolute Gasteiger partial charge is 0.493 e. The first-order valence-electron chi connectivity index (χ1n) is 8.89. The molecule has 0 spiro atoms. The second-order valence-corrected chi connectivity index (χ2v) is 6.23. The predicted molar refractivity (Wildman–Crippen MR) is 106 cm³/mol. The van der Waals surface area contributed by atoms with E-state index in [1.807, 2.05) is 31.2 Å². The molecule has 0 radical (unpaired) electrons. The van der Waals surface area contributed by atoms with Gasteiger partial charge in [-0.25, -0.2) is 4.98 Å². The van der Waals surface area contributed by atoms with Gasteiger partial charge in [-0.05, 0) is 31.2 Å². The first kappa shape index (κ1) is 20.2. The molecule has 0 saturated heterocycles. The number of imidazole rings is 1. The number of aryl methyl sites for hydroxylation is 1. The number of carbonyl (C=O) groups excluding carboxylic acids is 2. The van der Waals surface area contributed by atoms with Crippen molar-refractivity contribution in [2.45, 2.75) is 13.5 Å². The van der Waals surface area contributed by atoms with Gasteiger partial charge in [-0.3, -0.25) is 9.59 Å². The average Bonchev–Trinajstić information content (AvgIpc) is 3.05. The number of hydrogen-bond donors (Lipinski definition) is 0. The molecule has 0 aliphatic carbocycles. The number of fused-ring (bicyclic) bond motifs is 1. The molecular weight excluding hydrogens is 376 g/mol. The van der Waals surface area contributed by atoms with Crippen molar-refractivity contribution in [2.75, 3.05) is 27.9 Å². The highest BCUT2D eigenvalue weighted by atomic mass is 16.5. The third-order valence-electron chi connectivity index (χ3n) is 4.48. The van der Waals surface area contributed by atoms with E-state index >= 15 is 0 Å². The lowest BCUT2D eigenvalue weighted by Crippen LogP contribution is -2.19. The molecule has 29 heavy (non-hydrogen) atoms. The van der Waals surface area contributed by atoms with Gasteiger partial charge in [0.05, 0.1) is 32.4 Å². The lowest BCUT2D eigenvalue weighted by atomic mass is 10.1. The summed E-state index contributed by atoms with van der Waals surface area (Å²) in [6, 6.07) is 10.5. The molecule has 2 aromatic carbocycles. The molecule has 8 nitrogen and oxygen atoms in total. The predicted octanol–water partition coefficient (Wildman–Crippen LogP) is 2.80. The summed E-state index contributed by atoms with van der Waals surface area (Å²) in [6.45, 7) is 1.38. The highest BCUT2D eigenvalue weighted by Crippen LogP contribution is 2.38. The van der Waals surface area contributed by atoms with E-state index in [4.69, 9.17) is 18.9 Å². The maximum absolute atomic E-state index is 12.5. The number of para-hydroxylation sites is 2. The summed E-state index contributed by atoms with van der Waals surface area (Å²) in [5.41, 5.74) is 1.92. The van der Waals surface area contributed by atoms with Crippen LogP contribution in [0.3, 0.4) is 0 Å². The number of aromatic nitrogens is 2. The molecule has 3 aromatic rings. The summed E-state index contributed by atoms with van der Waals surface area (Å²) in [7, 11) is 4.40. The van der Waals surface area contributed by atoms with Gasteiger partial charge in [0, 0.05) is 5.56 Å². The molecule has 0 bridgehead atoms. The molecule has 3 rings (SSSR count). The molecular formula is C21H22N2O6. The number of hydrogen-bond acceptors (Lipinski definition) is 7. The van der Waals surface area contributed by atoms with Crippen molar-refractivity contribution in [1.29, 1.82) is 0 Å². The minimum atomic E-state index is -0.531. The zero-order chi connectivity index (χ0) is 21.0. The third-order valence-corrected chi connectivity index (χ3v) is 4.48. The van der Waals surface area contributed by atoms with Crippen LogP contribution in [-0.4, -0.2) is 49.2 Å². The van der Waals surface area contributed by atoms with Crippen LogP contribution in [0.5, 0.6) is 17.2 Å². The van der Waals surface area contributed by atoms with Crippen LogP contribution in [0.2, 0.25) is 0 Å². The van der Waals surface area contributed by atoms with Gasteiger partial charge >= 0.3 is 5.97 Å². The van der Waals surface area contributed by atoms with E-state index < -0.39 is 12.6 Å². The lowest BCUT2D eigenvalue weighted by Gasteiger charge is -2.14. The molecule has 1 heterocycles. The Labute approximate surface area is 168 Å². The number of carbonyl (C=O) groups is 2. The van der Waals surface area contributed by atoms with Gasteiger partial charge in [0.1, 0.15) is 12.4 Å². The number of ether oxygens (including phenoxy) is 4. The Morgan fingerprint density at radius 3 is 2.28 bits per heavy atom. The SMILES string of the molecule is COc1cc(C(=O)COC(=O)Cn2c(C)nc3ccccc32)cc(OC)c1OC. The van der Waals surface area contributed by atoms with Crippen molar-refractivity contribution in [3.8, 4) is 17.2 Å². The van der Waals surface area contributed by atoms with Crippen LogP contribution in [0.15, 0.2) is 36.4 Å². The number of Topliss-reactive ketones (excluding diaryl/α,β-unsaturated/α-hetero) is 1. The number of nitrogens with zero attached hydrogens (tertiary/aromatic N) is 2. The monoisotopic (exact) mass is 398 g/mol. The van der Waals surface area contributed by atoms with E-state index in [1.165, 1.54) is 33.5 Å². The number of methoxy groups -OCH3 is 3. The van der Waals surface area contributed by atoms with Gasteiger partial charge in [0.25, 0.3) is 0 Å². The molecule has 8 heteroatoms. The van der Waals surface area contributed by atoms with Crippen LogP contribution in [-0.2, 0) is 16.1 Å². The van der Waals surface area contributed by atoms with E-state index in [0.717, 1.165) is 11.0 Å². The van der Waals surface area contributed by atoms with Gasteiger partial charge in [-0.15, -0.1) is 0 Å². The fraction of sp³-hybridized carbons (Fsp3) is 0.286. The summed E-state index contributed by atoms with van der Waals surface area (Å²) < 4.78 is 22.7. The number of rotatable bonds is 8. The average molecular weight is 398 g/mol. The van der Waals surface area contributed by atoms with Gasteiger partial charge in [0.2, 0.25) is 11.5 Å². The number of ketones is 1. The summed E-state index contributed by atoms with van der Waals surface area (Å²) in [5, 5.41) is 0. The molecule has 152 valence electrons. The van der Waals surface area contributed by atoms with Gasteiger partial charge in [-0.1, -0.05) is 12.1 Å². The molecule has 0 fully saturated rings. The maximum atomic E-state index is 12.5. The summed E-state index contributed by atoms with van der Waals surface area (Å²) >= 11 is 0. The molecule has 1 aromatic heterocycles. The fourth-order valence-electron chi connectivity index (χ4n) is 3.04. The van der Waals surface area contributed by atoms with E-state index in [-0.39, 0.29) is 17.9 Å². The molecule has 0 N–H and O–H groups in total. The summed E-state index contributed by atoms with van der Waals surface area (Å²) in [4.78, 5) is 29.2. The zero-order valence-electron chi connectivity index (χ0n) is 16.7. The first-order valence-corrected chi connectivity index (χ1v) is 8.89. The van der Waals surface area contributed by atoms with Crippen molar-refractivity contribution < 1.29 is 28.5 Å². The van der Waals surface area contributed by atoms with Gasteiger partial charge in [0.15, 0.2) is 18.1 Å². The van der Waals surface area contributed by atoms with Crippen molar-refractivity contribution in [1.82, 2.24) is 9.55 Å². The Bertz CT molecular complexity index is 1030. The standard InChI is InChI=1S/C21H22N2O6/c1-13-22-15-7-5-6-8-16(15)23(13)11-20(25)29-12-17(24)14-9-18(26-2)21(28-4)19(10-14)27-3/h5-10H,11-12H2,1-4H3. The fourth-order valence-corrected chi connectivity index (χ4v) is 3.04. The Morgan fingerprint density at radius 1 is 1.00 bits per heavy atom. The van der Waals surface area contributed by atoms with Crippen LogP contribution in [0.1, 0.15) is 16.2 Å². The van der Waals surface area contributed by atoms with Crippen molar-refractivity contribution >= 4 is 22.8 Å². The maximum Gasteiger partial charge on any atom is 0.326 e.